The van der Waals surface area contributed by atoms with Crippen molar-refractivity contribution in [3.05, 3.63) is 44.0 Å². The molecule has 20 nitrogen and oxygen atoms in total. The number of hydrogen-bond donors (Lipinski definition) is 4. The van der Waals surface area contributed by atoms with E-state index >= 15 is 4.39 Å². The molecule has 0 aromatic heterocycles. The minimum Gasteiger partial charge on any atom is -0.480 e. The SMILES string of the molecule is C[C@]12C=CC(=O)C=C1CCC1C3C[C@@H](O)[C@](OC(=O)CCCO[N+](=O)[O-])(C(=O)COC(=O)CC(NC(=O)CCCCCO[N+](=O)[O-])C(=O)O)[C@@]3(C)C[C@H](O)[C@@]12F. The maximum atomic E-state index is 17.7. The Labute approximate surface area is 318 Å². The standard InChI is InChI=1S/C35H46FN3O17/c1-32-12-11-21(40)15-20(32)9-10-22-23-16-25(41)35(33(23,2)18-26(42)34(22,32)36,56-29(45)8-6-14-55-39(51)52)27(43)19-53-30(46)17-24(31(47)48)37-28(44)7-4-3-5-13-54-38(49)50/h11-12,15,22-26,41-42H,3-10,13-14,16-19H2,1-2H3,(H,37,44)(H,47,48)/t22?,23?,24?,25-,26+,32+,33+,34+,35+/m1/s1. The molecule has 0 aromatic carbocycles. The minimum absolute atomic E-state index is 0.0901. The third-order valence-electron chi connectivity index (χ3n) is 11.9. The Hall–Kier alpha value is -5.05. The molecule has 3 saturated carbocycles. The molecule has 310 valence electrons. The molecule has 0 spiro atoms. The van der Waals surface area contributed by atoms with Crippen molar-refractivity contribution in [1.29, 1.82) is 0 Å². The third kappa shape index (κ3) is 8.52. The van der Waals surface area contributed by atoms with Crippen molar-refractivity contribution < 1.29 is 77.8 Å². The summed E-state index contributed by atoms with van der Waals surface area (Å²) in [5.41, 5.74) is -7.60. The van der Waals surface area contributed by atoms with Gasteiger partial charge in [0.25, 0.3) is 10.2 Å². The number of unbranched alkanes of at least 4 members (excludes halogenated alkanes) is 2. The number of aliphatic carboxylic acids is 1. The van der Waals surface area contributed by atoms with Crippen molar-refractivity contribution >= 4 is 35.4 Å². The lowest BCUT2D eigenvalue weighted by Crippen LogP contribution is -2.70. The number of nitrogens with one attached hydrogen (secondary N) is 1. The number of nitrogens with zero attached hydrogens (tertiary/aromatic N) is 2. The van der Waals surface area contributed by atoms with Gasteiger partial charge in [-0.2, -0.15) is 0 Å². The number of carboxylic acids is 1. The number of halogens is 1. The van der Waals surface area contributed by atoms with Gasteiger partial charge in [0.05, 0.1) is 25.7 Å². The molecule has 3 fully saturated rings. The predicted octanol–water partition coefficient (Wildman–Crippen LogP) is 1.44. The molecule has 0 saturated heterocycles. The van der Waals surface area contributed by atoms with E-state index in [2.05, 4.69) is 15.0 Å². The lowest BCUT2D eigenvalue weighted by Gasteiger charge is -2.62. The number of alkyl halides is 1. The normalized spacial score (nSPS) is 32.0. The van der Waals surface area contributed by atoms with Crippen molar-refractivity contribution in [2.45, 2.75) is 114 Å². The van der Waals surface area contributed by atoms with Gasteiger partial charge in [-0.05, 0) is 69.9 Å². The summed E-state index contributed by atoms with van der Waals surface area (Å²) in [7, 11) is 0. The van der Waals surface area contributed by atoms with Crippen molar-refractivity contribution in [2.75, 3.05) is 19.8 Å². The molecular weight excluding hydrogens is 753 g/mol. The van der Waals surface area contributed by atoms with E-state index in [1.54, 1.807) is 6.92 Å². The number of ether oxygens (including phenoxy) is 2. The largest absolute Gasteiger partial charge is 0.480 e. The van der Waals surface area contributed by atoms with Gasteiger partial charge >= 0.3 is 17.9 Å². The summed E-state index contributed by atoms with van der Waals surface area (Å²) < 4.78 is 28.6. The monoisotopic (exact) mass is 799 g/mol. The molecule has 9 atom stereocenters. The van der Waals surface area contributed by atoms with Gasteiger partial charge in [0.15, 0.2) is 18.1 Å². The molecular formula is C35H46FN3O17. The Kier molecular flexibility index (Phi) is 13.6. The average Bonchev–Trinajstić information content (AvgIpc) is 3.33. The number of ketones is 2. The van der Waals surface area contributed by atoms with Crippen LogP contribution in [0.1, 0.15) is 84.5 Å². The van der Waals surface area contributed by atoms with Crippen LogP contribution in [-0.2, 0) is 47.9 Å². The molecule has 56 heavy (non-hydrogen) atoms. The molecule has 4 rings (SSSR count). The molecule has 1 amide bonds. The quantitative estimate of drug-likeness (QED) is 0.0586. The van der Waals surface area contributed by atoms with E-state index in [1.807, 2.05) is 0 Å². The van der Waals surface area contributed by atoms with E-state index in [4.69, 9.17) is 9.47 Å². The van der Waals surface area contributed by atoms with Crippen LogP contribution in [0.4, 0.5) is 4.39 Å². The van der Waals surface area contributed by atoms with Gasteiger partial charge in [-0.15, -0.1) is 20.2 Å². The molecule has 21 heteroatoms. The summed E-state index contributed by atoms with van der Waals surface area (Å²) in [6.07, 6.45) is -1.33. The predicted molar refractivity (Wildman–Crippen MR) is 182 cm³/mol. The summed E-state index contributed by atoms with van der Waals surface area (Å²) in [5, 5.41) is 54.0. The maximum Gasteiger partial charge on any atom is 0.326 e. The first-order valence-corrected chi connectivity index (χ1v) is 18.2. The Morgan fingerprint density at radius 3 is 2.27 bits per heavy atom. The minimum atomic E-state index is -2.55. The maximum absolute atomic E-state index is 17.7. The Balaban J connectivity index is 1.53. The molecule has 0 aliphatic heterocycles. The molecule has 0 heterocycles. The van der Waals surface area contributed by atoms with Crippen LogP contribution in [-0.4, -0.2) is 110 Å². The molecule has 4 aliphatic rings. The van der Waals surface area contributed by atoms with E-state index in [-0.39, 0.29) is 57.3 Å². The van der Waals surface area contributed by atoms with Crippen molar-refractivity contribution in [2.24, 2.45) is 22.7 Å². The average molecular weight is 800 g/mol. The van der Waals surface area contributed by atoms with Crippen LogP contribution in [0.2, 0.25) is 0 Å². The zero-order valence-corrected chi connectivity index (χ0v) is 30.8. The van der Waals surface area contributed by atoms with Gasteiger partial charge in [-0.25, -0.2) is 9.18 Å². The van der Waals surface area contributed by atoms with Crippen LogP contribution in [0.15, 0.2) is 23.8 Å². The third-order valence-corrected chi connectivity index (χ3v) is 11.9. The number of carboxylic acid groups (broad SMARTS) is 1. The van der Waals surface area contributed by atoms with Crippen molar-refractivity contribution in [3.63, 3.8) is 0 Å². The zero-order chi connectivity index (χ0) is 41.6. The highest BCUT2D eigenvalue weighted by Gasteiger charge is 2.78. The lowest BCUT2D eigenvalue weighted by atomic mass is 9.44. The molecule has 3 unspecified atom stereocenters. The number of Topliss-reactive ketones (excluding diaryl/α,β-unsaturated/α-hetero) is 1. The fraction of sp³-hybridized carbons (Fsp3) is 0.714. The fourth-order valence-electron chi connectivity index (χ4n) is 9.19. The lowest BCUT2D eigenvalue weighted by molar-refractivity contribution is -0.757. The summed E-state index contributed by atoms with van der Waals surface area (Å²) in [5.74, 6) is -8.23. The summed E-state index contributed by atoms with van der Waals surface area (Å²) in [4.78, 5) is 106. The number of aliphatic hydroxyl groups is 2. The fourth-order valence-corrected chi connectivity index (χ4v) is 9.19. The van der Waals surface area contributed by atoms with Crippen LogP contribution >= 0.6 is 0 Å². The van der Waals surface area contributed by atoms with Crippen molar-refractivity contribution in [3.8, 4) is 0 Å². The number of allylic oxidation sites excluding steroid dienone is 4. The summed E-state index contributed by atoms with van der Waals surface area (Å²) in [6, 6.07) is -1.79. The second-order valence-electron chi connectivity index (χ2n) is 15.0. The number of esters is 2. The Morgan fingerprint density at radius 2 is 1.62 bits per heavy atom. The van der Waals surface area contributed by atoms with E-state index in [1.165, 1.54) is 25.2 Å². The first-order valence-electron chi connectivity index (χ1n) is 18.2. The van der Waals surface area contributed by atoms with Crippen LogP contribution in [0.3, 0.4) is 0 Å². The van der Waals surface area contributed by atoms with E-state index in [0.717, 1.165) is 0 Å². The number of carbonyl (C=O) groups excluding carboxylic acids is 5. The highest BCUT2D eigenvalue weighted by Crippen LogP contribution is 2.70. The number of rotatable bonds is 20. The van der Waals surface area contributed by atoms with Gasteiger partial charge in [-0.1, -0.05) is 25.0 Å². The molecule has 0 aromatic rings. The summed E-state index contributed by atoms with van der Waals surface area (Å²) in [6.45, 7) is 1.11. The highest BCUT2D eigenvalue weighted by molar-refractivity contribution is 6.01. The van der Waals surface area contributed by atoms with Gasteiger partial charge in [0, 0.05) is 29.6 Å². The van der Waals surface area contributed by atoms with Crippen LogP contribution < -0.4 is 5.32 Å². The van der Waals surface area contributed by atoms with E-state index < -0.39 is 124 Å². The number of aliphatic hydroxyl groups excluding tert-OH is 2. The number of amides is 1. The second kappa shape index (κ2) is 17.4. The van der Waals surface area contributed by atoms with Crippen LogP contribution in [0.25, 0.3) is 0 Å². The van der Waals surface area contributed by atoms with Crippen molar-refractivity contribution in [1.82, 2.24) is 5.32 Å². The first kappa shape index (κ1) is 43.7. The van der Waals surface area contributed by atoms with Gasteiger partial charge < -0.3 is 39.8 Å². The van der Waals surface area contributed by atoms with E-state index in [0.29, 0.717) is 12.0 Å². The van der Waals surface area contributed by atoms with E-state index in [9.17, 15) is 64.3 Å². The summed E-state index contributed by atoms with van der Waals surface area (Å²) >= 11 is 0. The molecule has 4 aliphatic carbocycles. The smallest absolute Gasteiger partial charge is 0.326 e. The zero-order valence-electron chi connectivity index (χ0n) is 30.8. The molecule has 0 bridgehead atoms. The Bertz CT molecular complexity index is 1670. The van der Waals surface area contributed by atoms with Gasteiger partial charge in [0.2, 0.25) is 17.3 Å². The number of fused-ring (bicyclic) bond motifs is 5. The first-order chi connectivity index (χ1) is 26.2. The van der Waals surface area contributed by atoms with Crippen LogP contribution in [0, 0.1) is 42.9 Å². The van der Waals surface area contributed by atoms with Gasteiger partial charge in [0.1, 0.15) is 12.1 Å². The molecule has 0 radical (unpaired) electrons. The number of hydrogen-bond acceptors (Lipinski definition) is 16. The topological polar surface area (TPSA) is 298 Å². The Morgan fingerprint density at radius 1 is 0.964 bits per heavy atom. The second-order valence-corrected chi connectivity index (χ2v) is 15.0. The highest BCUT2D eigenvalue weighted by atomic mass is 19.1. The van der Waals surface area contributed by atoms with Crippen LogP contribution in [0.5, 0.6) is 0 Å². The number of carbonyl (C=O) groups is 6. The molecule has 4 N–H and O–H groups in total. The van der Waals surface area contributed by atoms with Gasteiger partial charge in [-0.3, -0.25) is 24.0 Å².